The van der Waals surface area contributed by atoms with Crippen LogP contribution in [0.1, 0.15) is 19.4 Å². The van der Waals surface area contributed by atoms with E-state index in [-0.39, 0.29) is 0 Å². The summed E-state index contributed by atoms with van der Waals surface area (Å²) in [7, 11) is 0. The van der Waals surface area contributed by atoms with Crippen molar-refractivity contribution in [3.05, 3.63) is 59.7 Å². The van der Waals surface area contributed by atoms with Crippen LogP contribution in [0.5, 0.6) is 0 Å². The standard InChI is InChI=1S/C16H17F2N/c1-11(2)19-10-12-3-5-13(6-4-12)14-7-15(17)9-16(18)8-14/h3-9,11,19H,10H2,1-2H3. The monoisotopic (exact) mass is 261 g/mol. The van der Waals surface area contributed by atoms with Gasteiger partial charge in [-0.05, 0) is 28.8 Å². The quantitative estimate of drug-likeness (QED) is 0.872. The highest BCUT2D eigenvalue weighted by Crippen LogP contribution is 2.22. The minimum atomic E-state index is -0.555. The SMILES string of the molecule is CC(C)NCc1ccc(-c2cc(F)cc(F)c2)cc1. The van der Waals surface area contributed by atoms with Gasteiger partial charge in [-0.1, -0.05) is 38.1 Å². The highest BCUT2D eigenvalue weighted by Gasteiger charge is 2.03. The molecule has 0 aromatic heterocycles. The van der Waals surface area contributed by atoms with Crippen molar-refractivity contribution in [3.63, 3.8) is 0 Å². The summed E-state index contributed by atoms with van der Waals surface area (Å²) in [6, 6.07) is 11.7. The van der Waals surface area contributed by atoms with Gasteiger partial charge >= 0.3 is 0 Å². The van der Waals surface area contributed by atoms with Gasteiger partial charge in [0, 0.05) is 18.7 Å². The Bertz CT molecular complexity index is 527. The van der Waals surface area contributed by atoms with Crippen LogP contribution in [0.2, 0.25) is 0 Å². The highest BCUT2D eigenvalue weighted by molar-refractivity contribution is 5.63. The van der Waals surface area contributed by atoms with E-state index in [1.807, 2.05) is 24.3 Å². The summed E-state index contributed by atoms with van der Waals surface area (Å²) >= 11 is 0. The molecule has 2 rings (SSSR count). The third-order valence-electron chi connectivity index (χ3n) is 2.86. The van der Waals surface area contributed by atoms with Crippen LogP contribution >= 0.6 is 0 Å². The van der Waals surface area contributed by atoms with E-state index in [1.165, 1.54) is 12.1 Å². The van der Waals surface area contributed by atoms with Crippen LogP contribution in [0.4, 0.5) is 8.78 Å². The van der Waals surface area contributed by atoms with Crippen LogP contribution in [0.3, 0.4) is 0 Å². The molecule has 0 amide bonds. The van der Waals surface area contributed by atoms with Crippen molar-refractivity contribution in [2.75, 3.05) is 0 Å². The number of nitrogens with one attached hydrogen (secondary N) is 1. The van der Waals surface area contributed by atoms with E-state index in [1.54, 1.807) is 0 Å². The van der Waals surface area contributed by atoms with Gasteiger partial charge in [0.25, 0.3) is 0 Å². The fourth-order valence-electron chi connectivity index (χ4n) is 1.86. The zero-order valence-electron chi connectivity index (χ0n) is 11.1. The molecule has 19 heavy (non-hydrogen) atoms. The van der Waals surface area contributed by atoms with Gasteiger partial charge in [0.05, 0.1) is 0 Å². The summed E-state index contributed by atoms with van der Waals surface area (Å²) < 4.78 is 26.3. The van der Waals surface area contributed by atoms with Crippen molar-refractivity contribution in [1.82, 2.24) is 5.32 Å². The highest BCUT2D eigenvalue weighted by atomic mass is 19.1. The van der Waals surface area contributed by atoms with E-state index in [9.17, 15) is 8.78 Å². The third kappa shape index (κ3) is 3.86. The van der Waals surface area contributed by atoms with E-state index < -0.39 is 11.6 Å². The van der Waals surface area contributed by atoms with E-state index in [0.29, 0.717) is 11.6 Å². The maximum atomic E-state index is 13.2. The normalized spacial score (nSPS) is 11.0. The number of rotatable bonds is 4. The Kier molecular flexibility index (Phi) is 4.27. The van der Waals surface area contributed by atoms with Gasteiger partial charge in [-0.3, -0.25) is 0 Å². The summed E-state index contributed by atoms with van der Waals surface area (Å²) in [6.45, 7) is 4.96. The first-order valence-electron chi connectivity index (χ1n) is 6.33. The van der Waals surface area contributed by atoms with Crippen LogP contribution in [-0.2, 0) is 6.54 Å². The van der Waals surface area contributed by atoms with Crippen molar-refractivity contribution < 1.29 is 8.78 Å². The third-order valence-corrected chi connectivity index (χ3v) is 2.86. The molecule has 0 saturated carbocycles. The second-order valence-electron chi connectivity index (χ2n) is 4.89. The maximum absolute atomic E-state index is 13.2. The summed E-state index contributed by atoms with van der Waals surface area (Å²) in [6.07, 6.45) is 0. The molecule has 0 radical (unpaired) electrons. The fourth-order valence-corrected chi connectivity index (χ4v) is 1.86. The molecule has 0 unspecified atom stereocenters. The fraction of sp³-hybridized carbons (Fsp3) is 0.250. The zero-order valence-corrected chi connectivity index (χ0v) is 11.1. The maximum Gasteiger partial charge on any atom is 0.126 e. The van der Waals surface area contributed by atoms with Crippen LogP contribution in [0.25, 0.3) is 11.1 Å². The van der Waals surface area contributed by atoms with Gasteiger partial charge in [0.15, 0.2) is 0 Å². The zero-order chi connectivity index (χ0) is 13.8. The number of hydrogen-bond donors (Lipinski definition) is 1. The van der Waals surface area contributed by atoms with Crippen molar-refractivity contribution in [2.24, 2.45) is 0 Å². The molecule has 0 saturated heterocycles. The Morgan fingerprint density at radius 3 is 2.00 bits per heavy atom. The van der Waals surface area contributed by atoms with Crippen molar-refractivity contribution in [2.45, 2.75) is 26.4 Å². The minimum absolute atomic E-state index is 0.428. The molecule has 0 aliphatic carbocycles. The van der Waals surface area contributed by atoms with Crippen molar-refractivity contribution in [1.29, 1.82) is 0 Å². The first-order chi connectivity index (χ1) is 9.04. The molecule has 0 spiro atoms. The predicted octanol–water partition coefficient (Wildman–Crippen LogP) is 4.13. The average molecular weight is 261 g/mol. The Morgan fingerprint density at radius 2 is 1.47 bits per heavy atom. The van der Waals surface area contributed by atoms with Gasteiger partial charge in [-0.15, -0.1) is 0 Å². The van der Waals surface area contributed by atoms with E-state index in [0.717, 1.165) is 23.7 Å². The van der Waals surface area contributed by atoms with Gasteiger partial charge in [0.1, 0.15) is 11.6 Å². The summed E-state index contributed by atoms with van der Waals surface area (Å²) in [4.78, 5) is 0. The van der Waals surface area contributed by atoms with Crippen molar-refractivity contribution >= 4 is 0 Å². The van der Waals surface area contributed by atoms with Gasteiger partial charge in [-0.2, -0.15) is 0 Å². The molecule has 2 aromatic rings. The lowest BCUT2D eigenvalue weighted by Gasteiger charge is -2.09. The Morgan fingerprint density at radius 1 is 0.895 bits per heavy atom. The molecular formula is C16H17F2N. The molecule has 0 aliphatic rings. The lowest BCUT2D eigenvalue weighted by Crippen LogP contribution is -2.21. The number of hydrogen-bond acceptors (Lipinski definition) is 1. The van der Waals surface area contributed by atoms with E-state index in [2.05, 4.69) is 19.2 Å². The number of benzene rings is 2. The predicted molar refractivity (Wildman–Crippen MR) is 73.8 cm³/mol. The summed E-state index contributed by atoms with van der Waals surface area (Å²) in [5.74, 6) is -1.11. The first-order valence-corrected chi connectivity index (χ1v) is 6.33. The van der Waals surface area contributed by atoms with E-state index >= 15 is 0 Å². The van der Waals surface area contributed by atoms with Gasteiger partial charge < -0.3 is 5.32 Å². The van der Waals surface area contributed by atoms with Crippen LogP contribution in [0, 0.1) is 11.6 Å². The second kappa shape index (κ2) is 5.93. The largest absolute Gasteiger partial charge is 0.310 e. The molecule has 0 aliphatic heterocycles. The van der Waals surface area contributed by atoms with Gasteiger partial charge in [-0.25, -0.2) is 8.78 Å². The van der Waals surface area contributed by atoms with Crippen LogP contribution in [-0.4, -0.2) is 6.04 Å². The molecular weight excluding hydrogens is 244 g/mol. The Labute approximate surface area is 112 Å². The topological polar surface area (TPSA) is 12.0 Å². The lowest BCUT2D eigenvalue weighted by molar-refractivity contribution is 0.584. The molecule has 0 atom stereocenters. The summed E-state index contributed by atoms with van der Waals surface area (Å²) in [5, 5.41) is 3.32. The minimum Gasteiger partial charge on any atom is -0.310 e. The second-order valence-corrected chi connectivity index (χ2v) is 4.89. The molecule has 100 valence electrons. The number of halogens is 2. The van der Waals surface area contributed by atoms with E-state index in [4.69, 9.17) is 0 Å². The molecule has 0 heterocycles. The van der Waals surface area contributed by atoms with Crippen molar-refractivity contribution in [3.8, 4) is 11.1 Å². The Balaban J connectivity index is 2.17. The van der Waals surface area contributed by atoms with Crippen LogP contribution in [0.15, 0.2) is 42.5 Å². The molecule has 0 bridgehead atoms. The molecule has 0 fully saturated rings. The lowest BCUT2D eigenvalue weighted by atomic mass is 10.0. The first kappa shape index (κ1) is 13.7. The van der Waals surface area contributed by atoms with Crippen LogP contribution < -0.4 is 5.32 Å². The smallest absolute Gasteiger partial charge is 0.126 e. The molecule has 1 nitrogen and oxygen atoms in total. The average Bonchev–Trinajstić information content (AvgIpc) is 2.36. The molecule has 3 heteroatoms. The molecule has 1 N–H and O–H groups in total. The molecule has 2 aromatic carbocycles. The van der Waals surface area contributed by atoms with Gasteiger partial charge in [0.2, 0.25) is 0 Å². The Hall–Kier alpha value is -1.74. The summed E-state index contributed by atoms with van der Waals surface area (Å²) in [5.41, 5.74) is 2.52.